The predicted molar refractivity (Wildman–Crippen MR) is 71.4 cm³/mol. The standard InChI is InChI=1S/C12H20N2O2S/c1-4-14(5-2)11(3)17(15,16)13-12-9-7-6-8-10-12/h6-11,13H,4-5H2,1-3H3. The van der Waals surface area contributed by atoms with Crippen LogP contribution in [-0.2, 0) is 10.0 Å². The van der Waals surface area contributed by atoms with Gasteiger partial charge in [-0.2, -0.15) is 0 Å². The monoisotopic (exact) mass is 256 g/mol. The Kier molecular flexibility index (Phi) is 4.96. The number of hydrogen-bond acceptors (Lipinski definition) is 3. The Morgan fingerprint density at radius 3 is 2.18 bits per heavy atom. The smallest absolute Gasteiger partial charge is 0.248 e. The van der Waals surface area contributed by atoms with E-state index in [-0.39, 0.29) is 0 Å². The van der Waals surface area contributed by atoms with Gasteiger partial charge in [0.15, 0.2) is 0 Å². The van der Waals surface area contributed by atoms with Crippen LogP contribution >= 0.6 is 0 Å². The molecule has 4 nitrogen and oxygen atoms in total. The first kappa shape index (κ1) is 14.0. The van der Waals surface area contributed by atoms with Crippen LogP contribution in [0.2, 0.25) is 0 Å². The molecule has 0 radical (unpaired) electrons. The molecule has 1 N–H and O–H groups in total. The number of sulfonamides is 1. The first-order valence-electron chi connectivity index (χ1n) is 5.82. The van der Waals surface area contributed by atoms with Crippen LogP contribution in [0.4, 0.5) is 5.69 Å². The fraction of sp³-hybridized carbons (Fsp3) is 0.500. The van der Waals surface area contributed by atoms with Gasteiger partial charge < -0.3 is 0 Å². The number of para-hydroxylation sites is 1. The zero-order chi connectivity index (χ0) is 12.9. The van der Waals surface area contributed by atoms with E-state index in [1.54, 1.807) is 31.2 Å². The van der Waals surface area contributed by atoms with Crippen molar-refractivity contribution in [1.82, 2.24) is 4.90 Å². The van der Waals surface area contributed by atoms with E-state index >= 15 is 0 Å². The van der Waals surface area contributed by atoms with Crippen molar-refractivity contribution in [2.45, 2.75) is 26.1 Å². The van der Waals surface area contributed by atoms with E-state index in [2.05, 4.69) is 4.72 Å². The molecule has 0 aromatic heterocycles. The third kappa shape index (κ3) is 3.71. The Morgan fingerprint density at radius 1 is 1.18 bits per heavy atom. The summed E-state index contributed by atoms with van der Waals surface area (Å²) in [6.07, 6.45) is 0. The summed E-state index contributed by atoms with van der Waals surface area (Å²) in [6, 6.07) is 8.95. The van der Waals surface area contributed by atoms with Crippen LogP contribution in [0.25, 0.3) is 0 Å². The molecule has 5 heteroatoms. The zero-order valence-corrected chi connectivity index (χ0v) is 11.4. The predicted octanol–water partition coefficient (Wildman–Crippen LogP) is 2.12. The second kappa shape index (κ2) is 6.02. The van der Waals surface area contributed by atoms with E-state index in [0.29, 0.717) is 18.8 Å². The molecular formula is C12H20N2O2S. The highest BCUT2D eigenvalue weighted by molar-refractivity contribution is 7.93. The third-order valence-electron chi connectivity index (χ3n) is 2.81. The number of benzene rings is 1. The van der Waals surface area contributed by atoms with Gasteiger partial charge in [0.05, 0.1) is 0 Å². The van der Waals surface area contributed by atoms with Crippen molar-refractivity contribution < 1.29 is 8.42 Å². The number of rotatable bonds is 6. The minimum atomic E-state index is -3.36. The van der Waals surface area contributed by atoms with Crippen LogP contribution in [0.15, 0.2) is 30.3 Å². The van der Waals surface area contributed by atoms with E-state index in [9.17, 15) is 8.42 Å². The van der Waals surface area contributed by atoms with Gasteiger partial charge in [-0.15, -0.1) is 0 Å². The van der Waals surface area contributed by atoms with E-state index in [4.69, 9.17) is 0 Å². The summed E-state index contributed by atoms with van der Waals surface area (Å²) in [6.45, 7) is 7.05. The first-order chi connectivity index (χ1) is 8.01. The van der Waals surface area contributed by atoms with Crippen LogP contribution in [0, 0.1) is 0 Å². The number of nitrogens with one attached hydrogen (secondary N) is 1. The SMILES string of the molecule is CCN(CC)C(C)S(=O)(=O)Nc1ccccc1. The molecule has 96 valence electrons. The lowest BCUT2D eigenvalue weighted by atomic mass is 10.3. The second-order valence-corrected chi connectivity index (χ2v) is 5.81. The largest absolute Gasteiger partial charge is 0.287 e. The summed E-state index contributed by atoms with van der Waals surface area (Å²) < 4.78 is 26.8. The molecule has 0 bridgehead atoms. The van der Waals surface area contributed by atoms with Gasteiger partial charge in [-0.25, -0.2) is 8.42 Å². The summed E-state index contributed by atoms with van der Waals surface area (Å²) in [5, 5.41) is -0.530. The molecule has 1 rings (SSSR count). The van der Waals surface area contributed by atoms with Gasteiger partial charge in [-0.1, -0.05) is 32.0 Å². The molecular weight excluding hydrogens is 236 g/mol. The number of hydrogen-bond donors (Lipinski definition) is 1. The molecule has 1 aromatic carbocycles. The second-order valence-electron chi connectivity index (χ2n) is 3.83. The van der Waals surface area contributed by atoms with Crippen molar-refractivity contribution in [2.75, 3.05) is 17.8 Å². The minimum absolute atomic E-state index is 0.530. The average molecular weight is 256 g/mol. The summed E-state index contributed by atoms with van der Waals surface area (Å²) in [7, 11) is -3.36. The van der Waals surface area contributed by atoms with Gasteiger partial charge in [0.25, 0.3) is 0 Å². The summed E-state index contributed by atoms with van der Waals surface area (Å²) in [5.74, 6) is 0. The Morgan fingerprint density at radius 2 is 1.71 bits per heavy atom. The van der Waals surface area contributed by atoms with E-state index < -0.39 is 15.4 Å². The van der Waals surface area contributed by atoms with Crippen molar-refractivity contribution in [2.24, 2.45) is 0 Å². The molecule has 0 amide bonds. The van der Waals surface area contributed by atoms with Crippen LogP contribution in [0.5, 0.6) is 0 Å². The van der Waals surface area contributed by atoms with Crippen molar-refractivity contribution in [1.29, 1.82) is 0 Å². The van der Waals surface area contributed by atoms with Gasteiger partial charge in [-0.05, 0) is 32.1 Å². The molecule has 0 spiro atoms. The molecule has 17 heavy (non-hydrogen) atoms. The lowest BCUT2D eigenvalue weighted by Gasteiger charge is -2.26. The van der Waals surface area contributed by atoms with Gasteiger partial charge in [-0.3, -0.25) is 9.62 Å². The van der Waals surface area contributed by atoms with Crippen LogP contribution < -0.4 is 4.72 Å². The molecule has 0 fully saturated rings. The van der Waals surface area contributed by atoms with Gasteiger partial charge >= 0.3 is 0 Å². The van der Waals surface area contributed by atoms with Gasteiger partial charge in [0.1, 0.15) is 5.37 Å². The Balaban J connectivity index is 2.82. The fourth-order valence-electron chi connectivity index (χ4n) is 1.69. The van der Waals surface area contributed by atoms with Crippen molar-refractivity contribution in [3.05, 3.63) is 30.3 Å². The number of nitrogens with zero attached hydrogens (tertiary/aromatic N) is 1. The third-order valence-corrected chi connectivity index (χ3v) is 4.53. The van der Waals surface area contributed by atoms with E-state index in [1.165, 1.54) is 0 Å². The van der Waals surface area contributed by atoms with Gasteiger partial charge in [0, 0.05) is 5.69 Å². The normalized spacial score (nSPS) is 13.6. The Bertz CT molecular complexity index is 427. The maximum Gasteiger partial charge on any atom is 0.248 e. The Hall–Kier alpha value is -1.07. The molecule has 1 aromatic rings. The maximum absolute atomic E-state index is 12.1. The average Bonchev–Trinajstić information content (AvgIpc) is 2.31. The molecule has 0 saturated carbocycles. The maximum atomic E-state index is 12.1. The first-order valence-corrected chi connectivity index (χ1v) is 7.36. The van der Waals surface area contributed by atoms with Gasteiger partial charge in [0.2, 0.25) is 10.0 Å². The molecule has 0 aliphatic carbocycles. The van der Waals surface area contributed by atoms with Crippen LogP contribution in [0.1, 0.15) is 20.8 Å². The summed E-state index contributed by atoms with van der Waals surface area (Å²) in [4.78, 5) is 1.89. The molecule has 0 saturated heterocycles. The Labute approximate surface area is 104 Å². The summed E-state index contributed by atoms with van der Waals surface area (Å²) >= 11 is 0. The molecule has 0 aliphatic heterocycles. The quantitative estimate of drug-likeness (QED) is 0.848. The molecule has 1 unspecified atom stereocenters. The van der Waals surface area contributed by atoms with E-state index in [0.717, 1.165) is 0 Å². The number of anilines is 1. The van der Waals surface area contributed by atoms with Crippen LogP contribution in [-0.4, -0.2) is 31.8 Å². The highest BCUT2D eigenvalue weighted by atomic mass is 32.2. The zero-order valence-electron chi connectivity index (χ0n) is 10.6. The topological polar surface area (TPSA) is 49.4 Å². The highest BCUT2D eigenvalue weighted by Gasteiger charge is 2.25. The van der Waals surface area contributed by atoms with E-state index in [1.807, 2.05) is 24.8 Å². The highest BCUT2D eigenvalue weighted by Crippen LogP contribution is 2.13. The molecule has 0 heterocycles. The minimum Gasteiger partial charge on any atom is -0.287 e. The molecule has 1 atom stereocenters. The molecule has 0 aliphatic rings. The lowest BCUT2D eigenvalue weighted by Crippen LogP contribution is -2.41. The fourth-order valence-corrected chi connectivity index (χ4v) is 3.02. The van der Waals surface area contributed by atoms with Crippen molar-refractivity contribution in [3.63, 3.8) is 0 Å². The summed E-state index contributed by atoms with van der Waals surface area (Å²) in [5.41, 5.74) is 0.603. The lowest BCUT2D eigenvalue weighted by molar-refractivity contribution is 0.286. The van der Waals surface area contributed by atoms with Crippen molar-refractivity contribution in [3.8, 4) is 0 Å². The van der Waals surface area contributed by atoms with Crippen molar-refractivity contribution >= 4 is 15.7 Å². The van der Waals surface area contributed by atoms with Crippen LogP contribution in [0.3, 0.4) is 0 Å².